The molecule has 1 N–H and O–H groups in total. The second-order valence-electron chi connectivity index (χ2n) is 5.27. The van der Waals surface area contributed by atoms with Crippen LogP contribution in [-0.2, 0) is 14.3 Å². The molecule has 112 valence electrons. The highest BCUT2D eigenvalue weighted by Crippen LogP contribution is 2.34. The van der Waals surface area contributed by atoms with E-state index in [1.54, 1.807) is 6.92 Å². The maximum absolute atomic E-state index is 12.2. The summed E-state index contributed by atoms with van der Waals surface area (Å²) < 4.78 is 4.82. The number of hydrogen-bond donors (Lipinski definition) is 1. The molecule has 0 aromatic carbocycles. The predicted octanol–water partition coefficient (Wildman–Crippen LogP) is 2.31. The summed E-state index contributed by atoms with van der Waals surface area (Å²) in [5.74, 6) is -0.419. The number of carbonyl (C=O) groups is 2. The third-order valence-corrected chi connectivity index (χ3v) is 3.75. The Balaban J connectivity index is 2.36. The van der Waals surface area contributed by atoms with Crippen molar-refractivity contribution in [3.63, 3.8) is 0 Å². The fraction of sp³-hybridized carbons (Fsp3) is 0.800. The highest BCUT2D eigenvalue weighted by atomic mass is 16.5. The van der Waals surface area contributed by atoms with Crippen LogP contribution >= 0.6 is 0 Å². The van der Waals surface area contributed by atoms with Crippen LogP contribution in [0.1, 0.15) is 58.3 Å². The van der Waals surface area contributed by atoms with Crippen LogP contribution in [0.3, 0.4) is 0 Å². The van der Waals surface area contributed by atoms with Gasteiger partial charge in [0.2, 0.25) is 5.91 Å². The molecule has 0 heterocycles. The molecule has 20 heavy (non-hydrogen) atoms. The van der Waals surface area contributed by atoms with E-state index < -0.39 is 5.41 Å². The summed E-state index contributed by atoms with van der Waals surface area (Å²) in [7, 11) is 0. The van der Waals surface area contributed by atoms with Crippen molar-refractivity contribution in [2.24, 2.45) is 5.41 Å². The van der Waals surface area contributed by atoms with Crippen LogP contribution in [0.2, 0.25) is 0 Å². The van der Waals surface area contributed by atoms with Crippen molar-refractivity contribution in [1.82, 2.24) is 5.32 Å². The van der Waals surface area contributed by atoms with Gasteiger partial charge in [-0.15, -0.1) is 0 Å². The zero-order chi connectivity index (χ0) is 14.8. The lowest BCUT2D eigenvalue weighted by Gasteiger charge is -2.23. The minimum Gasteiger partial charge on any atom is -0.466 e. The van der Waals surface area contributed by atoms with E-state index in [0.717, 1.165) is 25.7 Å². The number of nitrogens with one attached hydrogen (secondary N) is 1. The Bertz CT molecular complexity index is 366. The van der Waals surface area contributed by atoms with Crippen LogP contribution in [0.5, 0.6) is 0 Å². The van der Waals surface area contributed by atoms with Gasteiger partial charge in [-0.1, -0.05) is 25.7 Å². The van der Waals surface area contributed by atoms with Crippen molar-refractivity contribution in [2.75, 3.05) is 13.2 Å². The molecule has 0 bridgehead atoms. The number of amides is 1. The number of nitrogens with zero attached hydrogens (tertiary/aromatic N) is 1. The van der Waals surface area contributed by atoms with Gasteiger partial charge < -0.3 is 10.1 Å². The minimum atomic E-state index is -0.861. The van der Waals surface area contributed by atoms with Crippen molar-refractivity contribution < 1.29 is 14.3 Å². The van der Waals surface area contributed by atoms with Crippen molar-refractivity contribution >= 4 is 11.9 Å². The van der Waals surface area contributed by atoms with Crippen LogP contribution < -0.4 is 5.32 Å². The highest BCUT2D eigenvalue weighted by Gasteiger charge is 2.38. The molecule has 1 fully saturated rings. The fourth-order valence-corrected chi connectivity index (χ4v) is 2.56. The molecular weight excluding hydrogens is 256 g/mol. The third-order valence-electron chi connectivity index (χ3n) is 3.75. The van der Waals surface area contributed by atoms with Gasteiger partial charge in [-0.25, -0.2) is 0 Å². The van der Waals surface area contributed by atoms with Gasteiger partial charge in [0, 0.05) is 13.0 Å². The third kappa shape index (κ3) is 4.84. The van der Waals surface area contributed by atoms with E-state index in [2.05, 4.69) is 11.4 Å². The predicted molar refractivity (Wildman–Crippen MR) is 74.6 cm³/mol. The lowest BCUT2D eigenvalue weighted by Crippen LogP contribution is -2.40. The largest absolute Gasteiger partial charge is 0.466 e. The first-order valence-electron chi connectivity index (χ1n) is 7.50. The second kappa shape index (κ2) is 8.57. The monoisotopic (exact) mass is 280 g/mol. The van der Waals surface area contributed by atoms with Gasteiger partial charge in [0.05, 0.1) is 12.7 Å². The molecule has 0 aliphatic heterocycles. The molecule has 0 aromatic rings. The van der Waals surface area contributed by atoms with Gasteiger partial charge in [0.25, 0.3) is 0 Å². The molecule has 1 aliphatic rings. The Morgan fingerprint density at radius 2 is 1.90 bits per heavy atom. The highest BCUT2D eigenvalue weighted by molar-refractivity contribution is 5.85. The van der Waals surface area contributed by atoms with E-state index in [0.29, 0.717) is 38.8 Å². The Kier molecular flexibility index (Phi) is 7.06. The fourth-order valence-electron chi connectivity index (χ4n) is 2.56. The first-order chi connectivity index (χ1) is 9.64. The standard InChI is InChI=1S/C15H24N2O3/c1-2-20-13(18)8-7-11-17-14(19)15(12-16)9-5-3-4-6-10-15/h2-11H2,1H3,(H,17,19). The van der Waals surface area contributed by atoms with Crippen molar-refractivity contribution in [1.29, 1.82) is 5.26 Å². The van der Waals surface area contributed by atoms with Crippen LogP contribution in [0.15, 0.2) is 0 Å². The summed E-state index contributed by atoms with van der Waals surface area (Å²) in [6.45, 7) is 2.56. The van der Waals surface area contributed by atoms with Crippen molar-refractivity contribution in [3.8, 4) is 6.07 Å². The SMILES string of the molecule is CCOC(=O)CCCNC(=O)C1(C#N)CCCCCC1. The number of rotatable bonds is 6. The smallest absolute Gasteiger partial charge is 0.305 e. The van der Waals surface area contributed by atoms with Crippen LogP contribution in [-0.4, -0.2) is 25.0 Å². The van der Waals surface area contributed by atoms with E-state index in [-0.39, 0.29) is 11.9 Å². The maximum Gasteiger partial charge on any atom is 0.305 e. The molecule has 1 rings (SSSR count). The summed E-state index contributed by atoms with van der Waals surface area (Å²) in [6, 6.07) is 2.22. The number of carbonyl (C=O) groups excluding carboxylic acids is 2. The van der Waals surface area contributed by atoms with E-state index in [1.807, 2.05) is 0 Å². The average Bonchev–Trinajstić information content (AvgIpc) is 2.70. The van der Waals surface area contributed by atoms with E-state index in [1.165, 1.54) is 0 Å². The molecule has 0 radical (unpaired) electrons. The molecule has 1 aliphatic carbocycles. The molecule has 0 aromatic heterocycles. The van der Waals surface area contributed by atoms with Crippen LogP contribution in [0, 0.1) is 16.7 Å². The molecule has 0 unspecified atom stereocenters. The number of ether oxygens (including phenoxy) is 1. The lowest BCUT2D eigenvalue weighted by atomic mass is 9.81. The van der Waals surface area contributed by atoms with Gasteiger partial charge in [-0.2, -0.15) is 5.26 Å². The molecular formula is C15H24N2O3. The number of esters is 1. The molecule has 5 heteroatoms. The molecule has 0 saturated heterocycles. The lowest BCUT2D eigenvalue weighted by molar-refractivity contribution is -0.143. The van der Waals surface area contributed by atoms with Crippen molar-refractivity contribution in [3.05, 3.63) is 0 Å². The van der Waals surface area contributed by atoms with E-state index in [4.69, 9.17) is 4.74 Å². The maximum atomic E-state index is 12.2. The Morgan fingerprint density at radius 3 is 2.45 bits per heavy atom. The zero-order valence-corrected chi connectivity index (χ0v) is 12.2. The normalized spacial score (nSPS) is 17.6. The Hall–Kier alpha value is -1.57. The first-order valence-corrected chi connectivity index (χ1v) is 7.50. The van der Waals surface area contributed by atoms with Crippen molar-refractivity contribution in [2.45, 2.75) is 58.3 Å². The summed E-state index contributed by atoms with van der Waals surface area (Å²) in [4.78, 5) is 23.4. The molecule has 0 spiro atoms. The first kappa shape index (κ1) is 16.5. The molecule has 1 amide bonds. The summed E-state index contributed by atoms with van der Waals surface area (Å²) >= 11 is 0. The van der Waals surface area contributed by atoms with Crippen LogP contribution in [0.4, 0.5) is 0 Å². The molecule has 5 nitrogen and oxygen atoms in total. The van der Waals surface area contributed by atoms with Gasteiger partial charge in [0.1, 0.15) is 5.41 Å². The minimum absolute atomic E-state index is 0.175. The topological polar surface area (TPSA) is 79.2 Å². The number of nitriles is 1. The van der Waals surface area contributed by atoms with Crippen LogP contribution in [0.25, 0.3) is 0 Å². The Labute approximate surface area is 120 Å². The van der Waals surface area contributed by atoms with Gasteiger partial charge in [-0.05, 0) is 26.2 Å². The summed E-state index contributed by atoms with van der Waals surface area (Å²) in [6.07, 6.45) is 6.20. The summed E-state index contributed by atoms with van der Waals surface area (Å²) in [5.41, 5.74) is -0.861. The zero-order valence-electron chi connectivity index (χ0n) is 12.2. The number of hydrogen-bond acceptors (Lipinski definition) is 4. The summed E-state index contributed by atoms with van der Waals surface area (Å²) in [5, 5.41) is 12.2. The Morgan fingerprint density at radius 1 is 1.25 bits per heavy atom. The van der Waals surface area contributed by atoms with Gasteiger partial charge >= 0.3 is 5.97 Å². The van der Waals surface area contributed by atoms with Gasteiger partial charge in [-0.3, -0.25) is 9.59 Å². The van der Waals surface area contributed by atoms with E-state index in [9.17, 15) is 14.9 Å². The molecule has 0 atom stereocenters. The van der Waals surface area contributed by atoms with E-state index >= 15 is 0 Å². The molecule has 1 saturated carbocycles. The average molecular weight is 280 g/mol. The van der Waals surface area contributed by atoms with Gasteiger partial charge in [0.15, 0.2) is 0 Å². The quantitative estimate of drug-likeness (QED) is 0.460. The second-order valence-corrected chi connectivity index (χ2v) is 5.27.